The first-order valence-corrected chi connectivity index (χ1v) is 12.3. The van der Waals surface area contributed by atoms with Crippen molar-refractivity contribution in [2.75, 3.05) is 11.5 Å². The second kappa shape index (κ2) is 9.32. The first-order valence-electron chi connectivity index (χ1n) is 10.7. The molecular formula is C23H25N3O6S. The average molecular weight is 472 g/mol. The third-order valence-corrected chi connectivity index (χ3v) is 6.92. The largest absolute Gasteiger partial charge is 0.484 e. The third kappa shape index (κ3) is 4.91. The fraction of sp³-hybridized carbons (Fsp3) is 0.348. The van der Waals surface area contributed by atoms with Crippen LogP contribution in [0.1, 0.15) is 32.1 Å². The van der Waals surface area contributed by atoms with E-state index in [4.69, 9.17) is 9.88 Å². The number of sulfonamides is 1. The van der Waals surface area contributed by atoms with Crippen molar-refractivity contribution >= 4 is 33.4 Å². The van der Waals surface area contributed by atoms with E-state index in [2.05, 4.69) is 0 Å². The van der Waals surface area contributed by atoms with E-state index in [1.807, 2.05) is 6.07 Å². The van der Waals surface area contributed by atoms with Crippen molar-refractivity contribution in [3.63, 3.8) is 0 Å². The highest BCUT2D eigenvalue weighted by Crippen LogP contribution is 2.32. The molecule has 2 fully saturated rings. The molecule has 1 aliphatic carbocycles. The smallest absolute Gasteiger partial charge is 0.261 e. The molecule has 2 aromatic carbocycles. The van der Waals surface area contributed by atoms with Crippen LogP contribution in [0.3, 0.4) is 0 Å². The summed E-state index contributed by atoms with van der Waals surface area (Å²) in [5.41, 5.74) is 0.235. The van der Waals surface area contributed by atoms with Crippen molar-refractivity contribution in [3.05, 3.63) is 54.6 Å². The standard InChI is InChI=1S/C23H25N3O6S/c24-33(30,31)19-12-10-17(11-13-19)26-21(27)14-20(23(26)29)25(16-6-4-5-7-16)22(28)15-32-18-8-2-1-3-9-18/h1-3,8-13,16,20H,4-7,14-15H2,(H2,24,30,31). The molecule has 2 aliphatic rings. The fourth-order valence-electron chi connectivity index (χ4n) is 4.44. The molecule has 4 rings (SSSR count). The van der Waals surface area contributed by atoms with Gasteiger partial charge in [0, 0.05) is 6.04 Å². The summed E-state index contributed by atoms with van der Waals surface area (Å²) in [7, 11) is -3.90. The minimum atomic E-state index is -3.90. The normalized spacial score (nSPS) is 19.2. The van der Waals surface area contributed by atoms with Crippen LogP contribution in [-0.2, 0) is 24.4 Å². The first-order chi connectivity index (χ1) is 15.8. The lowest BCUT2D eigenvalue weighted by Crippen LogP contribution is -2.51. The lowest BCUT2D eigenvalue weighted by atomic mass is 10.1. The highest BCUT2D eigenvalue weighted by molar-refractivity contribution is 7.89. The van der Waals surface area contributed by atoms with Gasteiger partial charge in [-0.1, -0.05) is 31.0 Å². The number of carbonyl (C=O) groups is 3. The van der Waals surface area contributed by atoms with Gasteiger partial charge in [0.15, 0.2) is 6.61 Å². The number of hydrogen-bond donors (Lipinski definition) is 1. The number of para-hydroxylation sites is 1. The zero-order valence-corrected chi connectivity index (χ0v) is 18.7. The van der Waals surface area contributed by atoms with Gasteiger partial charge >= 0.3 is 0 Å². The molecule has 0 radical (unpaired) electrons. The van der Waals surface area contributed by atoms with Crippen molar-refractivity contribution in [1.29, 1.82) is 0 Å². The van der Waals surface area contributed by atoms with Crippen LogP contribution in [0.2, 0.25) is 0 Å². The van der Waals surface area contributed by atoms with Crippen molar-refractivity contribution in [2.45, 2.75) is 49.1 Å². The number of nitrogens with two attached hydrogens (primary N) is 1. The van der Waals surface area contributed by atoms with Gasteiger partial charge in [-0.15, -0.1) is 0 Å². The van der Waals surface area contributed by atoms with E-state index in [-0.39, 0.29) is 35.6 Å². The Balaban J connectivity index is 1.55. The second-order valence-electron chi connectivity index (χ2n) is 8.17. The monoisotopic (exact) mass is 471 g/mol. The Morgan fingerprint density at radius 1 is 1.03 bits per heavy atom. The minimum Gasteiger partial charge on any atom is -0.484 e. The van der Waals surface area contributed by atoms with Gasteiger partial charge in [-0.3, -0.25) is 14.4 Å². The average Bonchev–Trinajstić information content (AvgIpc) is 3.41. The first kappa shape index (κ1) is 22.9. The number of anilines is 1. The molecule has 1 heterocycles. The summed E-state index contributed by atoms with van der Waals surface area (Å²) in [6, 6.07) is 13.1. The molecule has 1 unspecified atom stereocenters. The zero-order chi connectivity index (χ0) is 23.6. The second-order valence-corrected chi connectivity index (χ2v) is 9.73. The number of benzene rings is 2. The van der Waals surface area contributed by atoms with Gasteiger partial charge in [0.1, 0.15) is 11.8 Å². The summed E-state index contributed by atoms with van der Waals surface area (Å²) in [6.45, 7) is -0.235. The highest BCUT2D eigenvalue weighted by atomic mass is 32.2. The van der Waals surface area contributed by atoms with E-state index in [0.717, 1.165) is 30.6 Å². The molecule has 1 saturated carbocycles. The molecule has 2 N–H and O–H groups in total. The Labute approximate surface area is 192 Å². The van der Waals surface area contributed by atoms with Gasteiger partial charge in [-0.05, 0) is 49.2 Å². The molecule has 0 aromatic heterocycles. The van der Waals surface area contributed by atoms with Gasteiger partial charge in [-0.2, -0.15) is 0 Å². The number of rotatable bonds is 7. The fourth-order valence-corrected chi connectivity index (χ4v) is 4.96. The van der Waals surface area contributed by atoms with Crippen molar-refractivity contribution in [1.82, 2.24) is 4.90 Å². The summed E-state index contributed by atoms with van der Waals surface area (Å²) < 4.78 is 28.6. The van der Waals surface area contributed by atoms with Crippen LogP contribution in [-0.4, -0.2) is 49.7 Å². The molecule has 1 aliphatic heterocycles. The van der Waals surface area contributed by atoms with E-state index in [9.17, 15) is 22.8 Å². The maximum absolute atomic E-state index is 13.3. The molecule has 174 valence electrons. The zero-order valence-electron chi connectivity index (χ0n) is 17.9. The van der Waals surface area contributed by atoms with Crippen LogP contribution in [0, 0.1) is 0 Å². The summed E-state index contributed by atoms with van der Waals surface area (Å²) in [5.74, 6) is -0.762. The quantitative estimate of drug-likeness (QED) is 0.614. The van der Waals surface area contributed by atoms with Crippen molar-refractivity contribution in [2.24, 2.45) is 5.14 Å². The predicted octanol–water partition coefficient (Wildman–Crippen LogP) is 1.82. The topological polar surface area (TPSA) is 127 Å². The minimum absolute atomic E-state index is 0.122. The summed E-state index contributed by atoms with van der Waals surface area (Å²) in [5, 5.41) is 5.12. The van der Waals surface area contributed by atoms with Crippen LogP contribution in [0.15, 0.2) is 59.5 Å². The maximum Gasteiger partial charge on any atom is 0.261 e. The van der Waals surface area contributed by atoms with Gasteiger partial charge in [0.25, 0.3) is 11.8 Å². The lowest BCUT2D eigenvalue weighted by Gasteiger charge is -2.33. The number of carbonyl (C=O) groups excluding carboxylic acids is 3. The molecule has 0 spiro atoms. The highest BCUT2D eigenvalue weighted by Gasteiger charge is 2.46. The molecule has 9 nitrogen and oxygen atoms in total. The summed E-state index contributed by atoms with van der Waals surface area (Å²) in [6.07, 6.45) is 3.28. The molecule has 3 amide bonds. The van der Waals surface area contributed by atoms with Gasteiger partial charge < -0.3 is 9.64 Å². The molecule has 1 saturated heterocycles. The van der Waals surface area contributed by atoms with E-state index in [1.54, 1.807) is 24.3 Å². The van der Waals surface area contributed by atoms with Crippen LogP contribution in [0.4, 0.5) is 5.69 Å². The third-order valence-electron chi connectivity index (χ3n) is 5.99. The van der Waals surface area contributed by atoms with Gasteiger partial charge in [0.05, 0.1) is 17.0 Å². The Morgan fingerprint density at radius 2 is 1.67 bits per heavy atom. The van der Waals surface area contributed by atoms with Gasteiger partial charge in [0.2, 0.25) is 15.9 Å². The van der Waals surface area contributed by atoms with Crippen LogP contribution in [0.5, 0.6) is 5.75 Å². The van der Waals surface area contributed by atoms with E-state index in [1.165, 1.54) is 29.2 Å². The summed E-state index contributed by atoms with van der Waals surface area (Å²) >= 11 is 0. The Kier molecular flexibility index (Phi) is 6.48. The van der Waals surface area contributed by atoms with Gasteiger partial charge in [-0.25, -0.2) is 18.5 Å². The van der Waals surface area contributed by atoms with E-state index >= 15 is 0 Å². The van der Waals surface area contributed by atoms with E-state index < -0.39 is 27.9 Å². The number of primary sulfonamides is 1. The molecule has 0 bridgehead atoms. The Morgan fingerprint density at radius 3 is 2.27 bits per heavy atom. The molecule has 2 aromatic rings. The number of nitrogens with zero attached hydrogens (tertiary/aromatic N) is 2. The van der Waals surface area contributed by atoms with Crippen LogP contribution < -0.4 is 14.8 Å². The lowest BCUT2D eigenvalue weighted by molar-refractivity contribution is -0.142. The summed E-state index contributed by atoms with van der Waals surface area (Å²) in [4.78, 5) is 41.7. The Hall–Kier alpha value is -3.24. The van der Waals surface area contributed by atoms with Crippen LogP contribution >= 0.6 is 0 Å². The van der Waals surface area contributed by atoms with Crippen molar-refractivity contribution in [3.8, 4) is 5.75 Å². The Bertz CT molecular complexity index is 1140. The van der Waals surface area contributed by atoms with Crippen LogP contribution in [0.25, 0.3) is 0 Å². The number of hydrogen-bond acceptors (Lipinski definition) is 6. The molecule has 1 atom stereocenters. The SMILES string of the molecule is NS(=O)(=O)c1ccc(N2C(=O)CC(N(C(=O)COc3ccccc3)C3CCCC3)C2=O)cc1. The number of ether oxygens (including phenoxy) is 1. The molecular weight excluding hydrogens is 446 g/mol. The maximum atomic E-state index is 13.3. The van der Waals surface area contributed by atoms with E-state index in [0.29, 0.717) is 5.75 Å². The predicted molar refractivity (Wildman–Crippen MR) is 120 cm³/mol. The number of imide groups is 1. The molecule has 10 heteroatoms. The number of amides is 3. The van der Waals surface area contributed by atoms with Crippen molar-refractivity contribution < 1.29 is 27.5 Å². The molecule has 33 heavy (non-hydrogen) atoms.